The van der Waals surface area contributed by atoms with E-state index in [1.807, 2.05) is 0 Å². The van der Waals surface area contributed by atoms with Crippen LogP contribution in [-0.4, -0.2) is 70.2 Å². The zero-order valence-corrected chi connectivity index (χ0v) is 17.5. The topological polar surface area (TPSA) is 170 Å². The van der Waals surface area contributed by atoms with Crippen molar-refractivity contribution in [3.05, 3.63) is 22.2 Å². The maximum atomic E-state index is 12.7. The minimum absolute atomic E-state index is 0.0754. The molecule has 160 valence electrons. The minimum atomic E-state index is -1.25. The molecule has 1 amide bonds. The van der Waals surface area contributed by atoms with Gasteiger partial charge in [-0.3, -0.25) is 14.4 Å². The van der Waals surface area contributed by atoms with Crippen LogP contribution in [0.3, 0.4) is 0 Å². The van der Waals surface area contributed by atoms with Crippen molar-refractivity contribution in [2.24, 2.45) is 11.1 Å². The molecule has 4 N–H and O–H groups in total. The number of nitrogens with one attached hydrogen (secondary N) is 1. The number of carbonyl (C=O) groups is 4. The number of aromatic nitrogens is 1. The Balaban J connectivity index is 1.77. The summed E-state index contributed by atoms with van der Waals surface area (Å²) in [6.07, 6.45) is 0. The highest BCUT2D eigenvalue weighted by Crippen LogP contribution is 2.45. The van der Waals surface area contributed by atoms with E-state index in [-0.39, 0.29) is 34.5 Å². The number of carbonyl (C=O) groups excluding carboxylic acids is 3. The molecule has 2 heterocycles. The summed E-state index contributed by atoms with van der Waals surface area (Å²) in [5.74, 6) is -3.55. The molecule has 2 aliphatic rings. The number of nitrogens with zero attached hydrogens (tertiary/aromatic N) is 2. The number of carboxylic acids is 1. The van der Waals surface area contributed by atoms with Crippen LogP contribution in [0.4, 0.5) is 5.13 Å². The van der Waals surface area contributed by atoms with Crippen molar-refractivity contribution in [2.75, 3.05) is 25.2 Å². The predicted octanol–water partition coefficient (Wildman–Crippen LogP) is -0.181. The molecule has 1 saturated carbocycles. The average molecular weight is 454 g/mol. The van der Waals surface area contributed by atoms with Crippen molar-refractivity contribution in [2.45, 2.75) is 18.2 Å². The first kappa shape index (κ1) is 21.8. The Kier molecular flexibility index (Phi) is 6.41. The number of oxime groups is 1. The van der Waals surface area contributed by atoms with Crippen molar-refractivity contribution in [3.63, 3.8) is 0 Å². The molecule has 3 rings (SSSR count). The van der Waals surface area contributed by atoms with Crippen LogP contribution < -0.4 is 11.1 Å². The Hall–Kier alpha value is -2.93. The molecule has 1 aliphatic carbocycles. The first-order valence-corrected chi connectivity index (χ1v) is 10.5. The van der Waals surface area contributed by atoms with Gasteiger partial charge in [-0.05, 0) is 5.57 Å². The van der Waals surface area contributed by atoms with E-state index in [0.717, 1.165) is 11.3 Å². The van der Waals surface area contributed by atoms with Crippen molar-refractivity contribution in [3.8, 4) is 0 Å². The lowest BCUT2D eigenvalue weighted by Gasteiger charge is -2.46. The summed E-state index contributed by atoms with van der Waals surface area (Å²) in [5.41, 5.74) is 5.95. The van der Waals surface area contributed by atoms with Gasteiger partial charge in [0.25, 0.3) is 5.91 Å². The lowest BCUT2D eigenvalue weighted by Crippen LogP contribution is -2.66. The van der Waals surface area contributed by atoms with Crippen LogP contribution >= 0.6 is 23.1 Å². The highest BCUT2D eigenvalue weighted by Gasteiger charge is 2.56. The Morgan fingerprint density at radius 1 is 1.43 bits per heavy atom. The molecule has 1 aromatic heterocycles. The van der Waals surface area contributed by atoms with Gasteiger partial charge < -0.3 is 25.7 Å². The molecule has 0 aromatic carbocycles. The third-order valence-corrected chi connectivity index (χ3v) is 6.66. The highest BCUT2D eigenvalue weighted by atomic mass is 32.2. The van der Waals surface area contributed by atoms with Crippen LogP contribution in [-0.2, 0) is 28.8 Å². The molecule has 0 radical (unpaired) electrons. The van der Waals surface area contributed by atoms with Crippen molar-refractivity contribution >= 4 is 57.6 Å². The van der Waals surface area contributed by atoms with Gasteiger partial charge in [-0.25, -0.2) is 9.78 Å². The summed E-state index contributed by atoms with van der Waals surface area (Å²) in [6.45, 7) is 1.03. The van der Waals surface area contributed by atoms with E-state index >= 15 is 0 Å². The second-order valence-electron chi connectivity index (χ2n) is 6.40. The molecule has 1 aliphatic heterocycles. The second-order valence-corrected chi connectivity index (χ2v) is 8.46. The molecule has 1 aromatic rings. The van der Waals surface area contributed by atoms with Gasteiger partial charge >= 0.3 is 11.9 Å². The van der Waals surface area contributed by atoms with Crippen molar-refractivity contribution in [1.29, 1.82) is 0 Å². The van der Waals surface area contributed by atoms with Crippen LogP contribution in [0.25, 0.3) is 0 Å². The molecular weight excluding hydrogens is 436 g/mol. The lowest BCUT2D eigenvalue weighted by molar-refractivity contribution is -0.141. The van der Waals surface area contributed by atoms with Crippen molar-refractivity contribution in [1.82, 2.24) is 10.3 Å². The summed E-state index contributed by atoms with van der Waals surface area (Å²) >= 11 is 2.44. The van der Waals surface area contributed by atoms with E-state index < -0.39 is 40.8 Å². The molecule has 0 spiro atoms. The SMILES string of the molecule is CO/N=C(\C(=O)N[C@@H]1C(=O)C2C(C(=O)O)=C(COC(C)=O)CS[C@@H]21)c1csc(N)n1. The van der Waals surface area contributed by atoms with Gasteiger partial charge in [-0.15, -0.1) is 11.3 Å². The Bertz CT molecular complexity index is 971. The number of Topliss-reactive ketones (excluding diaryl/α,β-unsaturated/α-hetero) is 1. The molecule has 30 heavy (non-hydrogen) atoms. The predicted molar refractivity (Wildman–Crippen MR) is 108 cm³/mol. The van der Waals surface area contributed by atoms with E-state index in [9.17, 15) is 24.3 Å². The number of nitrogens with two attached hydrogens (primary N) is 1. The molecule has 0 bridgehead atoms. The van der Waals surface area contributed by atoms with Gasteiger partial charge in [0, 0.05) is 23.3 Å². The largest absolute Gasteiger partial charge is 0.478 e. The maximum Gasteiger partial charge on any atom is 0.332 e. The van der Waals surface area contributed by atoms with Crippen LogP contribution in [0.1, 0.15) is 12.6 Å². The molecule has 1 fully saturated rings. The first-order valence-electron chi connectivity index (χ1n) is 8.61. The second kappa shape index (κ2) is 8.83. The number of ether oxygens (including phenoxy) is 1. The highest BCUT2D eigenvalue weighted by molar-refractivity contribution is 8.00. The van der Waals surface area contributed by atoms with Gasteiger partial charge in [0.15, 0.2) is 16.6 Å². The maximum absolute atomic E-state index is 12.7. The zero-order chi connectivity index (χ0) is 22.0. The molecule has 1 unspecified atom stereocenters. The van der Waals surface area contributed by atoms with Gasteiger partial charge in [0.05, 0.1) is 11.5 Å². The third kappa shape index (κ3) is 4.16. The Morgan fingerprint density at radius 3 is 2.73 bits per heavy atom. The number of thioether (sulfide) groups is 1. The fraction of sp³-hybridized carbons (Fsp3) is 0.412. The lowest BCUT2D eigenvalue weighted by atomic mass is 9.71. The summed E-state index contributed by atoms with van der Waals surface area (Å²) in [7, 11) is 1.26. The van der Waals surface area contributed by atoms with Gasteiger partial charge in [-0.1, -0.05) is 5.16 Å². The van der Waals surface area contributed by atoms with E-state index in [0.29, 0.717) is 5.57 Å². The Morgan fingerprint density at radius 2 is 2.17 bits per heavy atom. The number of amides is 1. The standard InChI is InChI=1S/C17H18N4O7S2/c1-6(22)28-3-7-4-29-14-10(9(7)16(25)26)13(23)12(14)20-15(24)11(21-27-2)8-5-30-17(18)19-8/h5,10,12,14H,3-4H2,1-2H3,(H2,18,19)(H,20,24)(H,25,26)/b21-11-/t10?,12-,14+/m1/s1. The smallest absolute Gasteiger partial charge is 0.332 e. The summed E-state index contributed by atoms with van der Waals surface area (Å²) in [4.78, 5) is 56.9. The molecular formula is C17H18N4O7S2. The number of rotatable bonds is 7. The van der Waals surface area contributed by atoms with Gasteiger partial charge in [0.1, 0.15) is 25.5 Å². The minimum Gasteiger partial charge on any atom is -0.478 e. The number of hydrogen-bond acceptors (Lipinski definition) is 11. The zero-order valence-electron chi connectivity index (χ0n) is 15.9. The summed E-state index contributed by atoms with van der Waals surface area (Å²) < 4.78 is 4.91. The number of aliphatic carboxylic acids is 1. The monoisotopic (exact) mass is 454 g/mol. The molecule has 13 heteroatoms. The van der Waals surface area contributed by atoms with Crippen LogP contribution in [0.5, 0.6) is 0 Å². The number of ketones is 1. The van der Waals surface area contributed by atoms with Gasteiger partial charge in [0.2, 0.25) is 0 Å². The number of thiazole rings is 1. The number of anilines is 1. The fourth-order valence-corrected chi connectivity index (χ4v) is 5.27. The quantitative estimate of drug-likeness (QED) is 0.285. The van der Waals surface area contributed by atoms with Crippen LogP contribution in [0.2, 0.25) is 0 Å². The van der Waals surface area contributed by atoms with Crippen molar-refractivity contribution < 1.29 is 33.9 Å². The average Bonchev–Trinajstić information content (AvgIpc) is 3.13. The van der Waals surface area contributed by atoms with E-state index in [2.05, 4.69) is 15.5 Å². The molecule has 3 atom stereocenters. The number of esters is 1. The molecule has 11 nitrogen and oxygen atoms in total. The van der Waals surface area contributed by atoms with E-state index in [1.54, 1.807) is 0 Å². The third-order valence-electron chi connectivity index (χ3n) is 4.54. The summed E-state index contributed by atoms with van der Waals surface area (Å²) in [5, 5.41) is 17.1. The van der Waals surface area contributed by atoms with Gasteiger partial charge in [-0.2, -0.15) is 11.8 Å². The van der Waals surface area contributed by atoms with E-state index in [4.69, 9.17) is 15.3 Å². The number of fused-ring (bicyclic) bond motifs is 1. The number of nitrogen functional groups attached to an aromatic ring is 1. The number of carboxylic acid groups (broad SMARTS) is 1. The normalized spacial score (nSPS) is 23.3. The molecule has 0 saturated heterocycles. The fourth-order valence-electron chi connectivity index (χ4n) is 3.23. The summed E-state index contributed by atoms with van der Waals surface area (Å²) in [6, 6.07) is -0.893. The van der Waals surface area contributed by atoms with Crippen LogP contribution in [0, 0.1) is 5.92 Å². The van der Waals surface area contributed by atoms with E-state index in [1.165, 1.54) is 31.2 Å². The first-order chi connectivity index (χ1) is 14.2. The van der Waals surface area contributed by atoms with Crippen LogP contribution in [0.15, 0.2) is 21.7 Å². The Labute approximate surface area is 178 Å². The number of hydrogen-bond donors (Lipinski definition) is 3.